The van der Waals surface area contributed by atoms with Gasteiger partial charge in [-0.15, -0.1) is 0 Å². The molecule has 3 N–H and O–H groups in total. The van der Waals surface area contributed by atoms with Crippen LogP contribution in [0, 0.1) is 23.7 Å². The fourth-order valence-electron chi connectivity index (χ4n) is 11.1. The molecule has 0 aliphatic rings. The smallest absolute Gasteiger partial charge is 0.462 e. The van der Waals surface area contributed by atoms with Crippen molar-refractivity contribution in [2.24, 2.45) is 23.7 Å². The summed E-state index contributed by atoms with van der Waals surface area (Å²) in [6.07, 6.45) is 47.5. The molecule has 17 nitrogen and oxygen atoms in total. The highest BCUT2D eigenvalue weighted by Gasteiger charge is 2.30. The average molecular weight is 1370 g/mol. The Balaban J connectivity index is 5.16. The number of hydrogen-bond donors (Lipinski definition) is 3. The second-order valence-electron chi connectivity index (χ2n) is 28.1. The lowest BCUT2D eigenvalue weighted by Crippen LogP contribution is -2.30. The topological polar surface area (TPSA) is 237 Å². The van der Waals surface area contributed by atoms with Crippen LogP contribution in [-0.2, 0) is 65.4 Å². The summed E-state index contributed by atoms with van der Waals surface area (Å²) in [5.41, 5.74) is 0. The number of aliphatic hydroxyl groups is 1. The molecule has 0 aliphatic heterocycles. The first-order valence-corrected chi connectivity index (χ1v) is 41.3. The Labute approximate surface area is 568 Å². The van der Waals surface area contributed by atoms with Crippen LogP contribution in [0.25, 0.3) is 0 Å². The largest absolute Gasteiger partial charge is 0.472 e. The molecule has 0 aliphatic carbocycles. The minimum atomic E-state index is -4.96. The number of rotatable bonds is 71. The molecule has 0 saturated carbocycles. The molecule has 0 bridgehead atoms. The Morgan fingerprint density at radius 2 is 0.516 bits per heavy atom. The van der Waals surface area contributed by atoms with Crippen molar-refractivity contribution in [1.82, 2.24) is 0 Å². The Kier molecular flexibility index (Phi) is 62.2. The van der Waals surface area contributed by atoms with Crippen LogP contribution < -0.4 is 0 Å². The number of esters is 4. The van der Waals surface area contributed by atoms with Crippen molar-refractivity contribution < 1.29 is 80.2 Å². The van der Waals surface area contributed by atoms with Crippen LogP contribution >= 0.6 is 15.6 Å². The lowest BCUT2D eigenvalue weighted by atomic mass is 9.99. The minimum Gasteiger partial charge on any atom is -0.462 e. The Hall–Kier alpha value is -1.94. The molecule has 0 amide bonds. The molecule has 0 rings (SSSR count). The number of phosphoric ester groups is 2. The highest BCUT2D eigenvalue weighted by molar-refractivity contribution is 7.47. The molecule has 0 saturated heterocycles. The molecule has 0 heterocycles. The van der Waals surface area contributed by atoms with E-state index in [-0.39, 0.29) is 25.7 Å². The van der Waals surface area contributed by atoms with E-state index in [4.69, 9.17) is 37.0 Å². The number of phosphoric acid groups is 2. The predicted octanol–water partition coefficient (Wildman–Crippen LogP) is 21.3. The number of ether oxygens (including phenoxy) is 4. The number of aliphatic hydroxyl groups excluding tert-OH is 1. The quantitative estimate of drug-likeness (QED) is 0.0222. The van der Waals surface area contributed by atoms with Crippen LogP contribution in [0.1, 0.15) is 370 Å². The van der Waals surface area contributed by atoms with Crippen molar-refractivity contribution in [3.8, 4) is 0 Å². The number of hydrogen-bond acceptors (Lipinski definition) is 15. The van der Waals surface area contributed by atoms with E-state index in [0.29, 0.717) is 31.6 Å². The summed E-state index contributed by atoms with van der Waals surface area (Å²) < 4.78 is 68.3. The number of carbonyl (C=O) groups is 4. The second-order valence-corrected chi connectivity index (χ2v) is 31.0. The molecule has 19 heteroatoms. The summed E-state index contributed by atoms with van der Waals surface area (Å²) in [4.78, 5) is 72.6. The van der Waals surface area contributed by atoms with Gasteiger partial charge in [0.25, 0.3) is 0 Å². The Morgan fingerprint density at radius 1 is 0.301 bits per heavy atom. The molecule has 7 atom stereocenters. The molecule has 0 aromatic heterocycles. The zero-order chi connectivity index (χ0) is 68.9. The highest BCUT2D eigenvalue weighted by atomic mass is 31.2. The van der Waals surface area contributed by atoms with E-state index in [1.54, 1.807) is 0 Å². The number of carbonyl (C=O) groups excluding carboxylic acids is 4. The molecule has 0 fully saturated rings. The first kappa shape index (κ1) is 91.1. The van der Waals surface area contributed by atoms with Gasteiger partial charge in [0, 0.05) is 25.7 Å². The Bertz CT molecular complexity index is 1840. The molecule has 0 aromatic rings. The standard InChI is InChI=1S/C74H144O17P2/c1-9-66(7)52-44-36-28-23-24-30-40-48-56-73(78)90-69(60-84-71(76)54-46-38-29-22-20-18-16-14-12-11-13-15-17-19-21-26-34-42-50-64(3)4)62-88-92(80,81)86-58-68(75)59-87-93(82,83)89-63-70(91-74(79)57-49-41-33-32-37-45-53-67(8)10-2)61-85-72(77)55-47-39-31-25-27-35-43-51-65(5)6/h64-70,75H,9-63H2,1-8H3,(H,80,81)(H,82,83)/t66?,67?,68?,69-,70-/m1/s1. The van der Waals surface area contributed by atoms with E-state index >= 15 is 0 Å². The molecule has 552 valence electrons. The van der Waals surface area contributed by atoms with Gasteiger partial charge in [-0.1, -0.05) is 319 Å². The van der Waals surface area contributed by atoms with E-state index in [9.17, 15) is 43.2 Å². The van der Waals surface area contributed by atoms with E-state index in [0.717, 1.165) is 114 Å². The van der Waals surface area contributed by atoms with E-state index in [2.05, 4.69) is 55.4 Å². The molecular formula is C74H144O17P2. The van der Waals surface area contributed by atoms with Crippen LogP contribution in [0.3, 0.4) is 0 Å². The van der Waals surface area contributed by atoms with Gasteiger partial charge in [0.1, 0.15) is 19.3 Å². The summed E-state index contributed by atoms with van der Waals surface area (Å²) in [6.45, 7) is 14.1. The third-order valence-electron chi connectivity index (χ3n) is 17.8. The van der Waals surface area contributed by atoms with Gasteiger partial charge >= 0.3 is 39.5 Å². The third-order valence-corrected chi connectivity index (χ3v) is 19.7. The van der Waals surface area contributed by atoms with Crippen LogP contribution in [0.4, 0.5) is 0 Å². The fraction of sp³-hybridized carbons (Fsp3) is 0.946. The SMILES string of the molecule is CCC(C)CCCCCCCCCCC(=O)O[C@H](COC(=O)CCCCCCCCCCCCCCCCCCCCC(C)C)COP(=O)(O)OCC(O)COP(=O)(O)OC[C@@H](COC(=O)CCCCCCCCCC(C)C)OC(=O)CCCCCCCCC(C)CC. The van der Waals surface area contributed by atoms with Crippen LogP contribution in [0.15, 0.2) is 0 Å². The molecular weight excluding hydrogens is 1220 g/mol. The van der Waals surface area contributed by atoms with Crippen molar-refractivity contribution in [2.75, 3.05) is 39.6 Å². The van der Waals surface area contributed by atoms with Crippen LogP contribution in [0.2, 0.25) is 0 Å². The second kappa shape index (κ2) is 63.5. The maximum absolute atomic E-state index is 13.1. The summed E-state index contributed by atoms with van der Waals surface area (Å²) in [6, 6.07) is 0. The van der Waals surface area contributed by atoms with Crippen molar-refractivity contribution in [3.63, 3.8) is 0 Å². The normalized spacial score (nSPS) is 14.8. The van der Waals surface area contributed by atoms with Gasteiger partial charge in [0.05, 0.1) is 26.4 Å². The van der Waals surface area contributed by atoms with Crippen molar-refractivity contribution in [2.45, 2.75) is 388 Å². The maximum Gasteiger partial charge on any atom is 0.472 e. The first-order valence-electron chi connectivity index (χ1n) is 38.3. The molecule has 0 spiro atoms. The molecule has 0 radical (unpaired) electrons. The molecule has 93 heavy (non-hydrogen) atoms. The van der Waals surface area contributed by atoms with Gasteiger partial charge in [-0.25, -0.2) is 9.13 Å². The fourth-order valence-corrected chi connectivity index (χ4v) is 12.7. The lowest BCUT2D eigenvalue weighted by Gasteiger charge is -2.21. The lowest BCUT2D eigenvalue weighted by molar-refractivity contribution is -0.161. The van der Waals surface area contributed by atoms with E-state index in [1.165, 1.54) is 167 Å². The van der Waals surface area contributed by atoms with Crippen molar-refractivity contribution in [1.29, 1.82) is 0 Å². The summed E-state index contributed by atoms with van der Waals surface area (Å²) in [5, 5.41) is 10.6. The van der Waals surface area contributed by atoms with Gasteiger partial charge in [0.15, 0.2) is 12.2 Å². The van der Waals surface area contributed by atoms with Gasteiger partial charge in [-0.2, -0.15) is 0 Å². The first-order chi connectivity index (χ1) is 44.7. The zero-order valence-electron chi connectivity index (χ0n) is 60.9. The summed E-state index contributed by atoms with van der Waals surface area (Å²) in [7, 11) is -9.91. The van der Waals surface area contributed by atoms with Gasteiger partial charge < -0.3 is 33.8 Å². The molecule has 5 unspecified atom stereocenters. The van der Waals surface area contributed by atoms with Crippen LogP contribution in [-0.4, -0.2) is 96.7 Å². The predicted molar refractivity (Wildman–Crippen MR) is 377 cm³/mol. The maximum atomic E-state index is 13.1. The summed E-state index contributed by atoms with van der Waals surface area (Å²) in [5.74, 6) is 0.888. The van der Waals surface area contributed by atoms with Crippen LogP contribution in [0.5, 0.6) is 0 Å². The van der Waals surface area contributed by atoms with Gasteiger partial charge in [-0.05, 0) is 49.4 Å². The summed E-state index contributed by atoms with van der Waals surface area (Å²) >= 11 is 0. The molecule has 0 aromatic carbocycles. The number of unbranched alkanes of at least 4 members (excludes halogenated alkanes) is 35. The third kappa shape index (κ3) is 65.8. The van der Waals surface area contributed by atoms with Crippen molar-refractivity contribution >= 4 is 39.5 Å². The minimum absolute atomic E-state index is 0.102. The highest BCUT2D eigenvalue weighted by Crippen LogP contribution is 2.45. The average Bonchev–Trinajstić information content (AvgIpc) is 2.38. The zero-order valence-corrected chi connectivity index (χ0v) is 62.7. The van der Waals surface area contributed by atoms with Gasteiger partial charge in [0.2, 0.25) is 0 Å². The van der Waals surface area contributed by atoms with Crippen molar-refractivity contribution in [3.05, 3.63) is 0 Å². The van der Waals surface area contributed by atoms with Gasteiger partial charge in [-0.3, -0.25) is 37.3 Å². The Morgan fingerprint density at radius 3 is 0.763 bits per heavy atom. The van der Waals surface area contributed by atoms with E-state index < -0.39 is 97.5 Å². The van der Waals surface area contributed by atoms with E-state index in [1.807, 2.05) is 0 Å². The monoisotopic (exact) mass is 1370 g/mol.